The van der Waals surface area contributed by atoms with Crippen molar-refractivity contribution in [3.8, 4) is 0 Å². The average molecular weight is 1180 g/mol. The molecule has 3 aromatic rings. The van der Waals surface area contributed by atoms with Crippen LogP contribution in [0.2, 0.25) is 10.0 Å². The first-order chi connectivity index (χ1) is 37.7. The first kappa shape index (κ1) is 64.0. The SMILES string of the molecule is CC[C@H]1OC(=O)[C@H](C)[C@@H](O[C@H]2C[C@@](C)(OC)[C@@H](O)[C@H](C)O2)[C@H](C)[C@@H](O[C@@H]2O[C@H](C)C[C@H](N(C)C)[C@H]2O)[C@](C)(OC)C[C@@H](C)C(=O)[C@H](C)[C@H]2[C@H](SCCNc3c(C(=O)Cc4c(Cl)cncc4Cl)cnc4c3cnn4CC)C(=O)O[C@@]21C. The van der Waals surface area contributed by atoms with Gasteiger partial charge in [0.1, 0.15) is 29.3 Å². The molecule has 20 nitrogen and oxygen atoms in total. The fraction of sp³-hybridized carbons (Fsp3) is 0.737. The van der Waals surface area contributed by atoms with Crippen molar-refractivity contribution in [3.05, 3.63) is 46.0 Å². The molecule has 4 aliphatic rings. The predicted molar refractivity (Wildman–Crippen MR) is 303 cm³/mol. The molecule has 4 saturated heterocycles. The maximum Gasteiger partial charge on any atom is 0.320 e. The second kappa shape index (κ2) is 26.1. The van der Waals surface area contributed by atoms with Gasteiger partial charge in [-0.25, -0.2) is 9.67 Å². The smallest absolute Gasteiger partial charge is 0.320 e. The summed E-state index contributed by atoms with van der Waals surface area (Å²) < 4.78 is 53.8. The number of aromatic nitrogens is 4. The van der Waals surface area contributed by atoms with E-state index in [1.165, 1.54) is 44.6 Å². The van der Waals surface area contributed by atoms with Gasteiger partial charge in [-0.1, -0.05) is 50.9 Å². The molecule has 19 atom stereocenters. The molecule has 23 heteroatoms. The number of hydrogen-bond donors (Lipinski definition) is 3. The van der Waals surface area contributed by atoms with Crippen LogP contribution in [-0.4, -0.2) is 182 Å². The monoisotopic (exact) mass is 1180 g/mol. The molecule has 0 aromatic carbocycles. The molecule has 3 aromatic heterocycles. The van der Waals surface area contributed by atoms with E-state index in [0.717, 1.165) is 0 Å². The number of rotatable bonds is 17. The number of fused-ring (bicyclic) bond motifs is 2. The van der Waals surface area contributed by atoms with Gasteiger partial charge in [-0.3, -0.25) is 24.2 Å². The number of hydrogen-bond acceptors (Lipinski definition) is 20. The predicted octanol–water partition coefficient (Wildman–Crippen LogP) is 7.37. The Kier molecular flexibility index (Phi) is 20.9. The standard InChI is InChI=1S/C57H84Cl2N6O14S/c1-16-41-57(11)43(48(53(71)79-57)80-19-18-61-44-35(24-62-51-36(44)25-63-65(51)17-2)40(66)21-34-37(58)26-60-27-38(34)59)30(5)45(67)28(3)22-56(10,73-15)50(78-54-46(68)39(64(12)13)20-29(4)74-54)31(6)47(32(7)52(70)76-41)77-42-23-55(9,72-14)49(69)33(8)75-42/h24-33,39,41-43,46-50,54,68-69H,16-23H2,1-15H3,(H,61,62)/t28-,29-,30-,31+,32-,33+,39+,41-,42+,43+,46-,47+,48+,49+,50-,54+,55-,56-,57-/m1/s1. The Morgan fingerprint density at radius 1 is 0.912 bits per heavy atom. The summed E-state index contributed by atoms with van der Waals surface area (Å²) in [6.07, 6.45) is -1.54. The van der Waals surface area contributed by atoms with Gasteiger partial charge < -0.3 is 58.3 Å². The van der Waals surface area contributed by atoms with Crippen LogP contribution >= 0.6 is 35.0 Å². The number of Topliss-reactive ketones (excluding diaryl/α,β-unsaturated/α-hetero) is 2. The number of aliphatic hydroxyl groups excluding tert-OH is 2. The molecule has 0 radical (unpaired) electrons. The number of methoxy groups -OCH3 is 2. The van der Waals surface area contributed by atoms with Gasteiger partial charge in [0.2, 0.25) is 0 Å². The van der Waals surface area contributed by atoms with Crippen LogP contribution in [0.25, 0.3) is 11.0 Å². The van der Waals surface area contributed by atoms with E-state index in [1.54, 1.807) is 45.5 Å². The molecule has 0 spiro atoms. The van der Waals surface area contributed by atoms with E-state index in [2.05, 4.69) is 20.4 Å². The van der Waals surface area contributed by atoms with Gasteiger partial charge in [0.15, 0.2) is 29.6 Å². The summed E-state index contributed by atoms with van der Waals surface area (Å²) in [7, 11) is 6.81. The fourth-order valence-corrected chi connectivity index (χ4v) is 14.7. The minimum absolute atomic E-state index is 0.0948. The highest BCUT2D eigenvalue weighted by Crippen LogP contribution is 2.50. The average Bonchev–Trinajstić information content (AvgIpc) is 4.16. The van der Waals surface area contributed by atoms with Crippen LogP contribution in [0, 0.1) is 29.6 Å². The zero-order valence-electron chi connectivity index (χ0n) is 48.9. The summed E-state index contributed by atoms with van der Waals surface area (Å²) in [4.78, 5) is 69.7. The number of cyclic esters (lactones) is 1. The molecule has 0 bridgehead atoms. The lowest BCUT2D eigenvalue weighted by atomic mass is 9.70. The minimum Gasteiger partial charge on any atom is -0.458 e. The summed E-state index contributed by atoms with van der Waals surface area (Å²) in [6.45, 7) is 20.7. The van der Waals surface area contributed by atoms with Gasteiger partial charge in [-0.15, -0.1) is 11.8 Å². The number of halogens is 2. The highest BCUT2D eigenvalue weighted by atomic mass is 35.5. The quantitative estimate of drug-likeness (QED) is 0.0679. The van der Waals surface area contributed by atoms with Gasteiger partial charge in [-0.05, 0) is 81.8 Å². The Labute approximate surface area is 484 Å². The molecule has 0 aliphatic carbocycles. The number of anilines is 1. The lowest BCUT2D eigenvalue weighted by Gasteiger charge is -2.50. The van der Waals surface area contributed by atoms with E-state index in [1.807, 2.05) is 60.5 Å². The van der Waals surface area contributed by atoms with Crippen LogP contribution in [0.15, 0.2) is 24.8 Å². The molecular weight excluding hydrogens is 1100 g/mol. The number of carbonyl (C=O) groups excluding carboxylic acids is 4. The van der Waals surface area contributed by atoms with Crippen LogP contribution < -0.4 is 5.32 Å². The number of ketones is 2. The van der Waals surface area contributed by atoms with Crippen molar-refractivity contribution in [1.29, 1.82) is 0 Å². The fourth-order valence-electron chi connectivity index (χ4n) is 12.8. The molecule has 4 fully saturated rings. The Morgan fingerprint density at radius 2 is 1.59 bits per heavy atom. The van der Waals surface area contributed by atoms with Crippen molar-refractivity contribution in [2.24, 2.45) is 29.6 Å². The maximum atomic E-state index is 15.4. The first-order valence-corrected chi connectivity index (χ1v) is 29.7. The van der Waals surface area contributed by atoms with Gasteiger partial charge in [0, 0.05) is 99.8 Å². The van der Waals surface area contributed by atoms with E-state index in [4.69, 9.17) is 61.1 Å². The zero-order valence-corrected chi connectivity index (χ0v) is 51.2. The van der Waals surface area contributed by atoms with Crippen molar-refractivity contribution in [2.75, 3.05) is 45.9 Å². The maximum absolute atomic E-state index is 15.4. The third-order valence-corrected chi connectivity index (χ3v) is 19.5. The summed E-state index contributed by atoms with van der Waals surface area (Å²) >= 11 is 14.2. The van der Waals surface area contributed by atoms with E-state index >= 15 is 9.59 Å². The molecule has 7 rings (SSSR count). The van der Waals surface area contributed by atoms with E-state index in [9.17, 15) is 19.8 Å². The number of nitrogens with zero attached hydrogens (tertiary/aromatic N) is 5. The Balaban J connectivity index is 1.24. The lowest BCUT2D eigenvalue weighted by Crippen LogP contribution is -2.61. The molecule has 80 heavy (non-hydrogen) atoms. The van der Waals surface area contributed by atoms with Crippen molar-refractivity contribution in [2.45, 2.75) is 198 Å². The van der Waals surface area contributed by atoms with Crippen LogP contribution in [0.5, 0.6) is 0 Å². The normalized spacial score (nSPS) is 37.5. The van der Waals surface area contributed by atoms with Crippen molar-refractivity contribution >= 4 is 75.2 Å². The van der Waals surface area contributed by atoms with Crippen LogP contribution in [0.4, 0.5) is 5.69 Å². The number of ether oxygens (including phenoxy) is 8. The number of aryl methyl sites for hydroxylation is 1. The Hall–Kier alpha value is -3.58. The largest absolute Gasteiger partial charge is 0.458 e. The van der Waals surface area contributed by atoms with Crippen LogP contribution in [-0.2, 0) is 65.2 Å². The van der Waals surface area contributed by atoms with Crippen molar-refractivity contribution < 1.29 is 67.3 Å². The van der Waals surface area contributed by atoms with Crippen LogP contribution in [0.3, 0.4) is 0 Å². The summed E-state index contributed by atoms with van der Waals surface area (Å²) in [5.74, 6) is -5.59. The third-order valence-electron chi connectivity index (χ3n) is 17.5. The molecule has 0 unspecified atom stereocenters. The third kappa shape index (κ3) is 12.9. The number of likely N-dealkylation sites (N-methyl/N-ethyl adjacent to an activating group) is 1. The summed E-state index contributed by atoms with van der Waals surface area (Å²) in [5, 5.41) is 31.3. The summed E-state index contributed by atoms with van der Waals surface area (Å²) in [5.41, 5.74) is -2.11. The molecule has 0 saturated carbocycles. The highest BCUT2D eigenvalue weighted by molar-refractivity contribution is 8.00. The van der Waals surface area contributed by atoms with Gasteiger partial charge >= 0.3 is 11.9 Å². The van der Waals surface area contributed by atoms with Crippen molar-refractivity contribution in [1.82, 2.24) is 24.6 Å². The summed E-state index contributed by atoms with van der Waals surface area (Å²) in [6, 6.07) is -0.329. The topological polar surface area (TPSA) is 241 Å². The highest BCUT2D eigenvalue weighted by Gasteiger charge is 2.62. The number of esters is 2. The Bertz CT molecular complexity index is 2670. The van der Waals surface area contributed by atoms with Gasteiger partial charge in [0.25, 0.3) is 0 Å². The van der Waals surface area contributed by atoms with Crippen LogP contribution in [0.1, 0.15) is 118 Å². The number of aliphatic hydroxyl groups is 2. The van der Waals surface area contributed by atoms with E-state index in [0.29, 0.717) is 41.0 Å². The zero-order chi connectivity index (χ0) is 58.9. The lowest BCUT2D eigenvalue weighted by molar-refractivity contribution is -0.319. The first-order valence-electron chi connectivity index (χ1n) is 27.9. The van der Waals surface area contributed by atoms with E-state index in [-0.39, 0.29) is 71.5 Å². The molecule has 4 aliphatic heterocycles. The Morgan fingerprint density at radius 3 is 2.21 bits per heavy atom. The van der Waals surface area contributed by atoms with E-state index < -0.39 is 113 Å². The van der Waals surface area contributed by atoms with Gasteiger partial charge in [-0.2, -0.15) is 5.10 Å². The number of pyridine rings is 2. The molecule has 7 heterocycles. The van der Waals surface area contributed by atoms with Gasteiger partial charge in [0.05, 0.1) is 74.4 Å². The number of carbonyl (C=O) groups is 4. The molecular formula is C57H84Cl2N6O14S. The van der Waals surface area contributed by atoms with Crippen molar-refractivity contribution in [3.63, 3.8) is 0 Å². The minimum atomic E-state index is -1.49. The second-order valence-electron chi connectivity index (χ2n) is 23.2. The molecule has 0 amide bonds. The molecule has 446 valence electrons. The second-order valence-corrected chi connectivity index (χ2v) is 25.3. The number of thioether (sulfide) groups is 1. The molecule has 3 N–H and O–H groups in total. The number of nitrogens with one attached hydrogen (secondary N) is 1.